The maximum atomic E-state index is 12.8. The van der Waals surface area contributed by atoms with Crippen molar-refractivity contribution in [1.82, 2.24) is 4.90 Å². The monoisotopic (exact) mass is 422 g/mol. The maximum Gasteiger partial charge on any atom is 0.279 e. The molecule has 2 heterocycles. The van der Waals surface area contributed by atoms with Crippen LogP contribution in [0.4, 0.5) is 5.69 Å². The number of hydrogen-bond acceptors (Lipinski definition) is 2. The first-order valence-electron chi connectivity index (χ1n) is 11.5. The molecular formula is C25H34N4O2+2. The summed E-state index contributed by atoms with van der Waals surface area (Å²) in [6, 6.07) is 16.5. The molecule has 1 unspecified atom stereocenters. The lowest BCUT2D eigenvalue weighted by atomic mass is 10.00. The van der Waals surface area contributed by atoms with Crippen LogP contribution in [-0.2, 0) is 29.0 Å². The van der Waals surface area contributed by atoms with E-state index in [1.54, 1.807) is 0 Å². The fourth-order valence-electron chi connectivity index (χ4n) is 4.74. The summed E-state index contributed by atoms with van der Waals surface area (Å²) in [7, 11) is 0. The van der Waals surface area contributed by atoms with Crippen LogP contribution in [0.2, 0.25) is 0 Å². The lowest BCUT2D eigenvalue weighted by Gasteiger charge is -2.33. The molecule has 0 saturated carbocycles. The molecule has 1 fully saturated rings. The minimum absolute atomic E-state index is 0.0482. The maximum absolute atomic E-state index is 12.8. The molecule has 0 aliphatic carbocycles. The van der Waals surface area contributed by atoms with Crippen molar-refractivity contribution >= 4 is 17.5 Å². The Morgan fingerprint density at radius 2 is 1.61 bits per heavy atom. The van der Waals surface area contributed by atoms with Gasteiger partial charge in [-0.25, -0.2) is 0 Å². The summed E-state index contributed by atoms with van der Waals surface area (Å²) in [4.78, 5) is 29.9. The highest BCUT2D eigenvalue weighted by atomic mass is 16.2. The third-order valence-electron chi connectivity index (χ3n) is 6.61. The average molecular weight is 423 g/mol. The van der Waals surface area contributed by atoms with Gasteiger partial charge < -0.3 is 20.0 Å². The first-order chi connectivity index (χ1) is 15.1. The van der Waals surface area contributed by atoms with Crippen LogP contribution in [0.15, 0.2) is 48.5 Å². The summed E-state index contributed by atoms with van der Waals surface area (Å²) >= 11 is 0. The number of anilines is 1. The van der Waals surface area contributed by atoms with Gasteiger partial charge in [-0.05, 0) is 23.6 Å². The summed E-state index contributed by atoms with van der Waals surface area (Å²) in [6.45, 7) is 8.19. The van der Waals surface area contributed by atoms with Gasteiger partial charge in [0.1, 0.15) is 6.54 Å². The largest absolute Gasteiger partial charge is 0.327 e. The number of nitrogens with zero attached hydrogens (tertiary/aromatic N) is 1. The number of aryl methyl sites for hydroxylation is 1. The van der Waals surface area contributed by atoms with E-state index in [1.165, 1.54) is 20.9 Å². The van der Waals surface area contributed by atoms with Gasteiger partial charge >= 0.3 is 0 Å². The zero-order valence-corrected chi connectivity index (χ0v) is 18.5. The summed E-state index contributed by atoms with van der Waals surface area (Å²) in [6.07, 6.45) is 1.95. The Kier molecular flexibility index (Phi) is 6.99. The van der Waals surface area contributed by atoms with Crippen molar-refractivity contribution < 1.29 is 19.4 Å². The molecule has 164 valence electrons. The Bertz CT molecular complexity index is 921. The van der Waals surface area contributed by atoms with Gasteiger partial charge in [-0.1, -0.05) is 49.4 Å². The molecule has 6 nitrogen and oxygen atoms in total. The Morgan fingerprint density at radius 1 is 0.903 bits per heavy atom. The van der Waals surface area contributed by atoms with Crippen LogP contribution < -0.4 is 15.1 Å². The minimum atomic E-state index is 0.0482. The van der Waals surface area contributed by atoms with Crippen LogP contribution >= 0.6 is 0 Å². The van der Waals surface area contributed by atoms with Crippen LogP contribution in [0, 0.1) is 0 Å². The second-order valence-corrected chi connectivity index (χ2v) is 8.74. The zero-order valence-electron chi connectivity index (χ0n) is 18.5. The van der Waals surface area contributed by atoms with Crippen molar-refractivity contribution in [2.24, 2.45) is 0 Å². The Morgan fingerprint density at radius 3 is 2.39 bits per heavy atom. The average Bonchev–Trinajstić information content (AvgIpc) is 2.79. The fourth-order valence-corrected chi connectivity index (χ4v) is 4.74. The zero-order chi connectivity index (χ0) is 21.6. The molecule has 1 saturated heterocycles. The molecule has 6 heteroatoms. The number of amides is 2. The molecule has 3 N–H and O–H groups in total. The van der Waals surface area contributed by atoms with Crippen LogP contribution in [0.5, 0.6) is 0 Å². The third-order valence-corrected chi connectivity index (χ3v) is 6.61. The van der Waals surface area contributed by atoms with Crippen molar-refractivity contribution in [1.29, 1.82) is 0 Å². The van der Waals surface area contributed by atoms with Gasteiger partial charge in [-0.3, -0.25) is 9.59 Å². The van der Waals surface area contributed by atoms with E-state index in [9.17, 15) is 9.59 Å². The highest BCUT2D eigenvalue weighted by Gasteiger charge is 2.29. The lowest BCUT2D eigenvalue weighted by molar-refractivity contribution is -0.909. The van der Waals surface area contributed by atoms with Gasteiger partial charge in [0.15, 0.2) is 13.1 Å². The summed E-state index contributed by atoms with van der Waals surface area (Å²) in [5, 5.41) is 3.06. The third kappa shape index (κ3) is 5.51. The van der Waals surface area contributed by atoms with E-state index in [1.807, 2.05) is 23.1 Å². The molecular weight excluding hydrogens is 388 g/mol. The van der Waals surface area contributed by atoms with Gasteiger partial charge in [0.25, 0.3) is 11.8 Å². The minimum Gasteiger partial charge on any atom is -0.327 e. The number of benzene rings is 2. The van der Waals surface area contributed by atoms with E-state index in [-0.39, 0.29) is 11.8 Å². The van der Waals surface area contributed by atoms with Crippen molar-refractivity contribution in [2.75, 3.05) is 51.1 Å². The number of fused-ring (bicyclic) bond motifs is 1. The number of piperazine rings is 1. The molecule has 2 aliphatic heterocycles. The number of rotatable bonds is 6. The van der Waals surface area contributed by atoms with Crippen LogP contribution in [0.3, 0.4) is 0 Å². The van der Waals surface area contributed by atoms with Crippen molar-refractivity contribution in [2.45, 2.75) is 26.3 Å². The Hall–Kier alpha value is -2.70. The molecule has 4 rings (SSSR count). The van der Waals surface area contributed by atoms with E-state index in [0.29, 0.717) is 13.1 Å². The van der Waals surface area contributed by atoms with Gasteiger partial charge in [-0.15, -0.1) is 0 Å². The Labute approximate surface area is 184 Å². The van der Waals surface area contributed by atoms with Gasteiger partial charge in [-0.2, -0.15) is 0 Å². The first-order valence-corrected chi connectivity index (χ1v) is 11.5. The summed E-state index contributed by atoms with van der Waals surface area (Å²) in [5.74, 6) is 0.293. The molecule has 0 radical (unpaired) electrons. The first kappa shape index (κ1) is 21.5. The molecule has 2 amide bonds. The van der Waals surface area contributed by atoms with Gasteiger partial charge in [0.2, 0.25) is 0 Å². The van der Waals surface area contributed by atoms with Crippen LogP contribution in [-0.4, -0.2) is 62.5 Å². The van der Waals surface area contributed by atoms with Gasteiger partial charge in [0, 0.05) is 17.7 Å². The highest BCUT2D eigenvalue weighted by Crippen LogP contribution is 2.15. The van der Waals surface area contributed by atoms with E-state index in [2.05, 4.69) is 42.6 Å². The van der Waals surface area contributed by atoms with Crippen molar-refractivity contribution in [3.05, 3.63) is 65.2 Å². The van der Waals surface area contributed by atoms with Crippen molar-refractivity contribution in [3.8, 4) is 0 Å². The Balaban J connectivity index is 1.21. The second-order valence-electron chi connectivity index (χ2n) is 8.74. The number of hydrogen-bond donors (Lipinski definition) is 3. The van der Waals surface area contributed by atoms with E-state index < -0.39 is 0 Å². The van der Waals surface area contributed by atoms with Gasteiger partial charge in [0.05, 0.1) is 32.7 Å². The molecule has 0 aromatic heterocycles. The fraction of sp³-hybridized carbons (Fsp3) is 0.440. The van der Waals surface area contributed by atoms with E-state index >= 15 is 0 Å². The smallest absolute Gasteiger partial charge is 0.279 e. The number of nitrogens with one attached hydrogen (secondary N) is 3. The number of carbonyl (C=O) groups is 2. The predicted molar refractivity (Wildman–Crippen MR) is 121 cm³/mol. The number of carbonyl (C=O) groups excluding carboxylic acids is 2. The molecule has 31 heavy (non-hydrogen) atoms. The molecule has 0 spiro atoms. The normalized spacial score (nSPS) is 19.0. The van der Waals surface area contributed by atoms with Crippen molar-refractivity contribution in [3.63, 3.8) is 0 Å². The predicted octanol–water partition coefficient (Wildman–Crippen LogP) is -0.444. The summed E-state index contributed by atoms with van der Waals surface area (Å²) < 4.78 is 0. The standard InChI is InChI=1S/C25H32N4O2/c1-2-20-7-5-6-10-23(20)26-24(30)18-27-13-15-29(16-14-27)25(31)19-28-12-11-21-8-3-4-9-22(21)17-28/h3-10H,2,11-19H2,1H3,(H,26,30)/p+2. The second kappa shape index (κ2) is 10.1. The van der Waals surface area contributed by atoms with E-state index in [4.69, 9.17) is 0 Å². The highest BCUT2D eigenvalue weighted by molar-refractivity contribution is 5.92. The number of para-hydroxylation sites is 1. The lowest BCUT2D eigenvalue weighted by Crippen LogP contribution is -3.16. The molecule has 0 bridgehead atoms. The van der Waals surface area contributed by atoms with Crippen LogP contribution in [0.1, 0.15) is 23.6 Å². The molecule has 1 atom stereocenters. The number of quaternary nitrogens is 2. The molecule has 2 aromatic carbocycles. The quantitative estimate of drug-likeness (QED) is 0.591. The SMILES string of the molecule is CCc1ccccc1NC(=O)C[NH+]1CCN(C(=O)C[NH+]2CCc3ccccc3C2)CC1. The summed E-state index contributed by atoms with van der Waals surface area (Å²) in [5.41, 5.74) is 4.87. The van der Waals surface area contributed by atoms with E-state index in [0.717, 1.165) is 63.4 Å². The van der Waals surface area contributed by atoms with Crippen LogP contribution in [0.25, 0.3) is 0 Å². The molecule has 2 aliphatic rings. The topological polar surface area (TPSA) is 58.3 Å². The molecule has 2 aromatic rings.